The van der Waals surface area contributed by atoms with Gasteiger partial charge in [-0.2, -0.15) is 4.98 Å². The third-order valence-electron chi connectivity index (χ3n) is 3.13. The fourth-order valence-electron chi connectivity index (χ4n) is 1.52. The summed E-state index contributed by atoms with van der Waals surface area (Å²) in [5.41, 5.74) is 5.56. The van der Waals surface area contributed by atoms with E-state index in [9.17, 15) is 0 Å². The second-order valence-corrected chi connectivity index (χ2v) is 5.42. The van der Waals surface area contributed by atoms with Gasteiger partial charge in [-0.3, -0.25) is 0 Å². The van der Waals surface area contributed by atoms with Crippen LogP contribution in [0.1, 0.15) is 36.9 Å². The maximum Gasteiger partial charge on any atom is 0.233 e. The van der Waals surface area contributed by atoms with Crippen LogP contribution < -0.4 is 5.73 Å². The number of nitrogens with two attached hydrogens (primary N) is 1. The first-order valence-corrected chi connectivity index (χ1v) is 6.61. The van der Waals surface area contributed by atoms with Crippen molar-refractivity contribution in [2.75, 3.05) is 6.54 Å². The predicted molar refractivity (Wildman–Crippen MR) is 68.1 cm³/mol. The van der Waals surface area contributed by atoms with Crippen LogP contribution in [0, 0.1) is 0 Å². The van der Waals surface area contributed by atoms with Crippen molar-refractivity contribution in [2.24, 2.45) is 5.73 Å². The number of hydrogen-bond donors (Lipinski definition) is 1. The zero-order chi connectivity index (χ0) is 12.3. The third-order valence-corrected chi connectivity index (χ3v) is 4.00. The molecule has 0 aromatic carbocycles. The zero-order valence-corrected chi connectivity index (χ0v) is 11.0. The van der Waals surface area contributed by atoms with Crippen LogP contribution in [0.15, 0.2) is 22.0 Å². The zero-order valence-electron chi connectivity index (χ0n) is 10.1. The smallest absolute Gasteiger partial charge is 0.233 e. The molecule has 0 bridgehead atoms. The van der Waals surface area contributed by atoms with Crippen molar-refractivity contribution in [3.05, 3.63) is 34.1 Å². The summed E-state index contributed by atoms with van der Waals surface area (Å²) >= 11 is 1.70. The quantitative estimate of drug-likeness (QED) is 0.886. The van der Waals surface area contributed by atoms with Crippen LogP contribution in [0.4, 0.5) is 0 Å². The van der Waals surface area contributed by atoms with Gasteiger partial charge in [-0.25, -0.2) is 0 Å². The molecule has 0 radical (unpaired) electrons. The van der Waals surface area contributed by atoms with Crippen LogP contribution in [0.25, 0.3) is 0 Å². The molecule has 17 heavy (non-hydrogen) atoms. The van der Waals surface area contributed by atoms with E-state index in [1.807, 2.05) is 11.4 Å². The molecule has 0 aliphatic carbocycles. The van der Waals surface area contributed by atoms with Crippen molar-refractivity contribution in [3.8, 4) is 0 Å². The minimum atomic E-state index is -0.208. The molecule has 5 heteroatoms. The van der Waals surface area contributed by atoms with Crippen molar-refractivity contribution >= 4 is 11.3 Å². The van der Waals surface area contributed by atoms with E-state index in [4.69, 9.17) is 10.3 Å². The Kier molecular flexibility index (Phi) is 3.59. The molecule has 4 nitrogen and oxygen atoms in total. The molecular formula is C12H17N3OS. The van der Waals surface area contributed by atoms with E-state index >= 15 is 0 Å². The molecule has 0 spiro atoms. The van der Waals surface area contributed by atoms with Crippen molar-refractivity contribution in [1.29, 1.82) is 0 Å². The lowest BCUT2D eigenvalue weighted by Gasteiger charge is -2.20. The van der Waals surface area contributed by atoms with Crippen LogP contribution in [0.3, 0.4) is 0 Å². The van der Waals surface area contributed by atoms with E-state index < -0.39 is 0 Å². The van der Waals surface area contributed by atoms with Gasteiger partial charge in [-0.15, -0.1) is 11.3 Å². The first-order chi connectivity index (χ1) is 8.18. The number of rotatable bonds is 5. The standard InChI is InChI=1S/C12H17N3OS/c1-3-12(2,8-13)11-14-10(15-16-11)7-9-5-4-6-17-9/h4-6H,3,7-8,13H2,1-2H3. The van der Waals surface area contributed by atoms with Gasteiger partial charge in [0.25, 0.3) is 0 Å². The molecular weight excluding hydrogens is 234 g/mol. The molecule has 2 rings (SSSR count). The highest BCUT2D eigenvalue weighted by molar-refractivity contribution is 7.09. The van der Waals surface area contributed by atoms with Gasteiger partial charge in [0, 0.05) is 17.8 Å². The Bertz CT molecular complexity index is 460. The molecule has 0 aliphatic heterocycles. The van der Waals surface area contributed by atoms with E-state index in [2.05, 4.69) is 30.1 Å². The Hall–Kier alpha value is -1.20. The minimum Gasteiger partial charge on any atom is -0.339 e. The highest BCUT2D eigenvalue weighted by atomic mass is 32.1. The molecule has 2 aromatic heterocycles. The lowest BCUT2D eigenvalue weighted by molar-refractivity contribution is 0.289. The Morgan fingerprint density at radius 1 is 1.53 bits per heavy atom. The van der Waals surface area contributed by atoms with Gasteiger partial charge in [0.05, 0.1) is 5.41 Å². The van der Waals surface area contributed by atoms with Gasteiger partial charge < -0.3 is 10.3 Å². The van der Waals surface area contributed by atoms with Crippen LogP contribution in [0.2, 0.25) is 0 Å². The monoisotopic (exact) mass is 251 g/mol. The maximum atomic E-state index is 5.77. The topological polar surface area (TPSA) is 64.9 Å². The second-order valence-electron chi connectivity index (χ2n) is 4.39. The average Bonchev–Trinajstić information content (AvgIpc) is 3.00. The molecule has 2 heterocycles. The Labute approximate surface area is 105 Å². The molecule has 2 aromatic rings. The molecule has 1 unspecified atom stereocenters. The Balaban J connectivity index is 2.15. The first-order valence-electron chi connectivity index (χ1n) is 5.73. The van der Waals surface area contributed by atoms with Crippen LogP contribution in [-0.4, -0.2) is 16.7 Å². The summed E-state index contributed by atoms with van der Waals surface area (Å²) in [6.45, 7) is 4.65. The molecule has 92 valence electrons. The first kappa shape index (κ1) is 12.3. The molecule has 0 aliphatic rings. The SMILES string of the molecule is CCC(C)(CN)c1nc(Cc2cccs2)no1. The van der Waals surface area contributed by atoms with E-state index in [-0.39, 0.29) is 5.41 Å². The lowest BCUT2D eigenvalue weighted by atomic mass is 9.88. The number of hydrogen-bond acceptors (Lipinski definition) is 5. The Morgan fingerprint density at radius 2 is 2.35 bits per heavy atom. The molecule has 0 saturated heterocycles. The minimum absolute atomic E-state index is 0.208. The predicted octanol–water partition coefficient (Wildman–Crippen LogP) is 2.35. The van der Waals surface area contributed by atoms with Gasteiger partial charge >= 0.3 is 0 Å². The molecule has 0 amide bonds. The van der Waals surface area contributed by atoms with E-state index in [1.165, 1.54) is 4.88 Å². The van der Waals surface area contributed by atoms with Crippen molar-refractivity contribution in [1.82, 2.24) is 10.1 Å². The van der Waals surface area contributed by atoms with Crippen molar-refractivity contribution < 1.29 is 4.52 Å². The Morgan fingerprint density at radius 3 is 2.94 bits per heavy atom. The van der Waals surface area contributed by atoms with Gasteiger partial charge in [0.15, 0.2) is 5.82 Å². The number of thiophene rings is 1. The summed E-state index contributed by atoms with van der Waals surface area (Å²) in [6.07, 6.45) is 1.62. The largest absolute Gasteiger partial charge is 0.339 e. The summed E-state index contributed by atoms with van der Waals surface area (Å²) in [6, 6.07) is 4.10. The van der Waals surface area contributed by atoms with E-state index in [0.717, 1.165) is 18.7 Å². The summed E-state index contributed by atoms with van der Waals surface area (Å²) < 4.78 is 5.32. The average molecular weight is 251 g/mol. The molecule has 1 atom stereocenters. The number of nitrogens with zero attached hydrogens (tertiary/aromatic N) is 2. The summed E-state index contributed by atoms with van der Waals surface area (Å²) in [7, 11) is 0. The van der Waals surface area contributed by atoms with Crippen molar-refractivity contribution in [3.63, 3.8) is 0 Å². The van der Waals surface area contributed by atoms with Crippen LogP contribution >= 0.6 is 11.3 Å². The third kappa shape index (κ3) is 2.56. The molecule has 0 fully saturated rings. The summed E-state index contributed by atoms with van der Waals surface area (Å²) in [5.74, 6) is 1.38. The van der Waals surface area contributed by atoms with Gasteiger partial charge in [-0.05, 0) is 24.8 Å². The fraction of sp³-hybridized carbons (Fsp3) is 0.500. The summed E-state index contributed by atoms with van der Waals surface area (Å²) in [4.78, 5) is 5.69. The lowest BCUT2D eigenvalue weighted by Crippen LogP contribution is -2.31. The maximum absolute atomic E-state index is 5.77. The van der Waals surface area contributed by atoms with Crippen LogP contribution in [0.5, 0.6) is 0 Å². The fourth-order valence-corrected chi connectivity index (χ4v) is 2.22. The molecule has 2 N–H and O–H groups in total. The van der Waals surface area contributed by atoms with Gasteiger partial charge in [-0.1, -0.05) is 18.1 Å². The summed E-state index contributed by atoms with van der Waals surface area (Å²) in [5, 5.41) is 6.07. The second kappa shape index (κ2) is 4.98. The van der Waals surface area contributed by atoms with E-state index in [1.54, 1.807) is 11.3 Å². The number of aromatic nitrogens is 2. The highest BCUT2D eigenvalue weighted by Crippen LogP contribution is 2.25. The van der Waals surface area contributed by atoms with E-state index in [0.29, 0.717) is 12.4 Å². The van der Waals surface area contributed by atoms with Gasteiger partial charge in [0.2, 0.25) is 5.89 Å². The highest BCUT2D eigenvalue weighted by Gasteiger charge is 2.29. The van der Waals surface area contributed by atoms with Crippen LogP contribution in [-0.2, 0) is 11.8 Å². The molecule has 0 saturated carbocycles. The normalized spacial score (nSPS) is 14.8. The van der Waals surface area contributed by atoms with Crippen molar-refractivity contribution in [2.45, 2.75) is 32.1 Å². The van der Waals surface area contributed by atoms with Gasteiger partial charge in [0.1, 0.15) is 0 Å².